The number of likely N-dealkylation sites (tertiary alicyclic amines) is 1. The molecule has 0 saturated carbocycles. The van der Waals surface area contributed by atoms with E-state index in [1.807, 2.05) is 24.0 Å². The molecule has 1 heterocycles. The predicted octanol–water partition coefficient (Wildman–Crippen LogP) is 2.65. The summed E-state index contributed by atoms with van der Waals surface area (Å²) in [6.07, 6.45) is 2.55. The van der Waals surface area contributed by atoms with Gasteiger partial charge in [-0.2, -0.15) is 0 Å². The van der Waals surface area contributed by atoms with Crippen molar-refractivity contribution in [1.29, 1.82) is 0 Å². The molecule has 2 rings (SSSR count). The van der Waals surface area contributed by atoms with Crippen molar-refractivity contribution in [3.63, 3.8) is 0 Å². The molecule has 1 aromatic rings. The fraction of sp³-hybridized carbons (Fsp3) is 0.562. The van der Waals surface area contributed by atoms with Crippen LogP contribution >= 0.6 is 11.6 Å². The number of amides is 1. The number of hydrogen-bond acceptors (Lipinski definition) is 3. The molecule has 0 unspecified atom stereocenters. The van der Waals surface area contributed by atoms with E-state index < -0.39 is 0 Å². The van der Waals surface area contributed by atoms with Gasteiger partial charge in [-0.3, -0.25) is 4.79 Å². The van der Waals surface area contributed by atoms with Crippen molar-refractivity contribution in [3.05, 3.63) is 34.3 Å². The molecule has 1 N–H and O–H groups in total. The number of halogens is 1. The van der Waals surface area contributed by atoms with E-state index in [4.69, 9.17) is 21.4 Å². The smallest absolute Gasteiger partial charge is 0.253 e. The molecule has 0 spiro atoms. The summed E-state index contributed by atoms with van der Waals surface area (Å²) in [6, 6.07) is 5.44. The van der Waals surface area contributed by atoms with Gasteiger partial charge in [0.2, 0.25) is 0 Å². The van der Waals surface area contributed by atoms with E-state index in [2.05, 4.69) is 0 Å². The first kappa shape index (κ1) is 16.3. The minimum Gasteiger partial charge on any atom is -0.396 e. The Labute approximate surface area is 130 Å². The molecule has 0 radical (unpaired) electrons. The lowest BCUT2D eigenvalue weighted by molar-refractivity contribution is 0.00397. The number of aliphatic hydroxyl groups excluding tert-OH is 1. The SMILES string of the molecule is Cc1cc(Cl)cc(C(=O)N2CCC(OCCCO)CC2)c1. The van der Waals surface area contributed by atoms with Crippen LogP contribution in [0.15, 0.2) is 18.2 Å². The number of nitrogens with zero attached hydrogens (tertiary/aromatic N) is 1. The lowest BCUT2D eigenvalue weighted by Crippen LogP contribution is -2.41. The molecule has 116 valence electrons. The molecule has 1 aliphatic heterocycles. The molecule has 5 heteroatoms. The standard InChI is InChI=1S/C16H22ClNO3/c1-12-9-13(11-14(17)10-12)16(20)18-5-3-15(4-6-18)21-8-2-7-19/h9-11,15,19H,2-8H2,1H3. The number of aliphatic hydroxyl groups is 1. The Balaban J connectivity index is 1.88. The number of carbonyl (C=O) groups is 1. The van der Waals surface area contributed by atoms with E-state index >= 15 is 0 Å². The fourth-order valence-electron chi connectivity index (χ4n) is 2.58. The third-order valence-corrected chi connectivity index (χ3v) is 3.89. The molecule has 21 heavy (non-hydrogen) atoms. The molecule has 0 atom stereocenters. The van der Waals surface area contributed by atoms with E-state index in [0.29, 0.717) is 36.7 Å². The number of ether oxygens (including phenoxy) is 1. The van der Waals surface area contributed by atoms with Crippen LogP contribution in [0.5, 0.6) is 0 Å². The molecule has 1 fully saturated rings. The van der Waals surface area contributed by atoms with Gasteiger partial charge in [-0.1, -0.05) is 11.6 Å². The summed E-state index contributed by atoms with van der Waals surface area (Å²) in [4.78, 5) is 14.3. The van der Waals surface area contributed by atoms with Crippen LogP contribution in [0, 0.1) is 6.92 Å². The minimum atomic E-state index is 0.0365. The highest BCUT2D eigenvalue weighted by Crippen LogP contribution is 2.20. The van der Waals surface area contributed by atoms with Crippen molar-refractivity contribution in [2.45, 2.75) is 32.3 Å². The van der Waals surface area contributed by atoms with Crippen LogP contribution in [0.4, 0.5) is 0 Å². The van der Waals surface area contributed by atoms with Gasteiger partial charge >= 0.3 is 0 Å². The molecule has 1 saturated heterocycles. The Morgan fingerprint density at radius 3 is 2.71 bits per heavy atom. The number of piperidine rings is 1. The lowest BCUT2D eigenvalue weighted by atomic mass is 10.1. The average Bonchev–Trinajstić information content (AvgIpc) is 2.46. The van der Waals surface area contributed by atoms with E-state index in [-0.39, 0.29) is 18.6 Å². The highest BCUT2D eigenvalue weighted by Gasteiger charge is 2.24. The number of hydrogen-bond donors (Lipinski definition) is 1. The topological polar surface area (TPSA) is 49.8 Å². The van der Waals surface area contributed by atoms with Crippen molar-refractivity contribution >= 4 is 17.5 Å². The monoisotopic (exact) mass is 311 g/mol. The summed E-state index contributed by atoms with van der Waals surface area (Å²) in [7, 11) is 0. The quantitative estimate of drug-likeness (QED) is 0.851. The van der Waals surface area contributed by atoms with Gasteiger partial charge in [0.1, 0.15) is 0 Å². The minimum absolute atomic E-state index is 0.0365. The maximum Gasteiger partial charge on any atom is 0.253 e. The second-order valence-corrected chi connectivity index (χ2v) is 5.89. The number of aryl methyl sites for hydroxylation is 1. The Morgan fingerprint density at radius 1 is 1.38 bits per heavy atom. The summed E-state index contributed by atoms with van der Waals surface area (Å²) in [6.45, 7) is 4.08. The number of carbonyl (C=O) groups excluding carboxylic acids is 1. The molecule has 0 aliphatic carbocycles. The maximum absolute atomic E-state index is 12.5. The Hall–Kier alpha value is -1.10. The molecular weight excluding hydrogens is 290 g/mol. The summed E-state index contributed by atoms with van der Waals surface area (Å²) < 4.78 is 5.68. The molecular formula is C16H22ClNO3. The molecule has 0 aromatic heterocycles. The summed E-state index contributed by atoms with van der Waals surface area (Å²) in [5.41, 5.74) is 1.65. The molecule has 1 amide bonds. The summed E-state index contributed by atoms with van der Waals surface area (Å²) in [5, 5.41) is 9.34. The van der Waals surface area contributed by atoms with Crippen LogP contribution in [0.2, 0.25) is 5.02 Å². The third kappa shape index (κ3) is 4.70. The molecule has 0 bridgehead atoms. The van der Waals surface area contributed by atoms with Gasteiger partial charge in [0, 0.05) is 36.9 Å². The Morgan fingerprint density at radius 2 is 2.10 bits per heavy atom. The van der Waals surface area contributed by atoms with E-state index in [1.165, 1.54) is 0 Å². The van der Waals surface area contributed by atoms with Crippen LogP contribution in [0.1, 0.15) is 35.2 Å². The van der Waals surface area contributed by atoms with Crippen molar-refractivity contribution < 1.29 is 14.6 Å². The van der Waals surface area contributed by atoms with E-state index in [0.717, 1.165) is 18.4 Å². The van der Waals surface area contributed by atoms with Crippen LogP contribution < -0.4 is 0 Å². The first-order chi connectivity index (χ1) is 10.1. The highest BCUT2D eigenvalue weighted by atomic mass is 35.5. The second-order valence-electron chi connectivity index (χ2n) is 5.46. The highest BCUT2D eigenvalue weighted by molar-refractivity contribution is 6.31. The van der Waals surface area contributed by atoms with Gasteiger partial charge < -0.3 is 14.7 Å². The Kier molecular flexibility index (Phi) is 6.03. The number of rotatable bonds is 5. The molecule has 1 aliphatic rings. The van der Waals surface area contributed by atoms with Gasteiger partial charge in [-0.15, -0.1) is 0 Å². The van der Waals surface area contributed by atoms with E-state index in [9.17, 15) is 4.79 Å². The van der Waals surface area contributed by atoms with Gasteiger partial charge in [0.15, 0.2) is 0 Å². The number of benzene rings is 1. The zero-order valence-electron chi connectivity index (χ0n) is 12.3. The third-order valence-electron chi connectivity index (χ3n) is 3.67. The fourth-order valence-corrected chi connectivity index (χ4v) is 2.87. The zero-order valence-corrected chi connectivity index (χ0v) is 13.1. The summed E-state index contributed by atoms with van der Waals surface area (Å²) in [5.74, 6) is 0.0365. The van der Waals surface area contributed by atoms with Gasteiger partial charge in [0.25, 0.3) is 5.91 Å². The predicted molar refractivity (Wildman–Crippen MR) is 82.8 cm³/mol. The van der Waals surface area contributed by atoms with Crippen LogP contribution in [-0.4, -0.2) is 48.3 Å². The van der Waals surface area contributed by atoms with Crippen molar-refractivity contribution in [3.8, 4) is 0 Å². The van der Waals surface area contributed by atoms with E-state index in [1.54, 1.807) is 6.07 Å². The van der Waals surface area contributed by atoms with Crippen molar-refractivity contribution in [1.82, 2.24) is 4.90 Å². The van der Waals surface area contributed by atoms with Crippen molar-refractivity contribution in [2.24, 2.45) is 0 Å². The van der Waals surface area contributed by atoms with Crippen LogP contribution in [0.3, 0.4) is 0 Å². The van der Waals surface area contributed by atoms with Gasteiger partial charge in [-0.25, -0.2) is 0 Å². The van der Waals surface area contributed by atoms with Crippen molar-refractivity contribution in [2.75, 3.05) is 26.3 Å². The van der Waals surface area contributed by atoms with Gasteiger partial charge in [0.05, 0.1) is 6.10 Å². The molecule has 1 aromatic carbocycles. The second kappa shape index (κ2) is 7.78. The maximum atomic E-state index is 12.5. The Bertz CT molecular complexity index is 464. The lowest BCUT2D eigenvalue weighted by Gasteiger charge is -2.32. The first-order valence-electron chi connectivity index (χ1n) is 7.39. The largest absolute Gasteiger partial charge is 0.396 e. The average molecular weight is 312 g/mol. The summed E-state index contributed by atoms with van der Waals surface area (Å²) >= 11 is 6.02. The van der Waals surface area contributed by atoms with Crippen LogP contribution in [-0.2, 0) is 4.74 Å². The first-order valence-corrected chi connectivity index (χ1v) is 7.77. The normalized spacial score (nSPS) is 16.2. The molecule has 4 nitrogen and oxygen atoms in total. The van der Waals surface area contributed by atoms with Crippen LogP contribution in [0.25, 0.3) is 0 Å². The van der Waals surface area contributed by atoms with Gasteiger partial charge in [-0.05, 0) is 49.9 Å². The zero-order chi connectivity index (χ0) is 15.2.